The zero-order chi connectivity index (χ0) is 45.1. The predicted molar refractivity (Wildman–Crippen MR) is 266 cm³/mol. The van der Waals surface area contributed by atoms with Crippen molar-refractivity contribution >= 4 is 17.9 Å². The summed E-state index contributed by atoms with van der Waals surface area (Å²) in [5.41, 5.74) is 0. The standard InChI is InChI=1S/C56H106O6/c1-4-7-10-13-16-19-22-24-26-27-28-30-31-34-37-40-43-46-49-55(58)61-52-53(51-60-54(57)48-45-42-39-36-33-21-18-15-12-9-6-3)62-56(59)50-47-44-41-38-35-32-29-25-23-20-17-14-11-8-5-2/h15,18,53H,4-14,16-17,19-52H2,1-3H3/b18-15-. The summed E-state index contributed by atoms with van der Waals surface area (Å²) in [5.74, 6) is -0.856. The van der Waals surface area contributed by atoms with Crippen molar-refractivity contribution in [3.8, 4) is 0 Å². The first-order chi connectivity index (χ1) is 30.5. The lowest BCUT2D eigenvalue weighted by Crippen LogP contribution is -2.30. The fourth-order valence-corrected chi connectivity index (χ4v) is 8.31. The number of hydrogen-bond acceptors (Lipinski definition) is 6. The first kappa shape index (κ1) is 60.2. The van der Waals surface area contributed by atoms with Gasteiger partial charge in [-0.25, -0.2) is 0 Å². The lowest BCUT2D eigenvalue weighted by molar-refractivity contribution is -0.167. The van der Waals surface area contributed by atoms with Gasteiger partial charge < -0.3 is 14.2 Å². The van der Waals surface area contributed by atoms with E-state index in [1.807, 2.05) is 0 Å². The number of esters is 3. The van der Waals surface area contributed by atoms with Crippen LogP contribution in [0.4, 0.5) is 0 Å². The molecule has 0 aliphatic rings. The monoisotopic (exact) mass is 875 g/mol. The van der Waals surface area contributed by atoms with Crippen LogP contribution >= 0.6 is 0 Å². The summed E-state index contributed by atoms with van der Waals surface area (Å²) in [6.45, 7) is 6.64. The summed E-state index contributed by atoms with van der Waals surface area (Å²) in [4.78, 5) is 38.0. The Hall–Kier alpha value is -1.85. The predicted octanol–water partition coefficient (Wildman–Crippen LogP) is 18.2. The van der Waals surface area contributed by atoms with Crippen molar-refractivity contribution in [1.29, 1.82) is 0 Å². The average molecular weight is 875 g/mol. The second kappa shape index (κ2) is 51.8. The first-order valence-electron chi connectivity index (χ1n) is 27.7. The van der Waals surface area contributed by atoms with Gasteiger partial charge in [0.05, 0.1) is 0 Å². The van der Waals surface area contributed by atoms with Crippen molar-refractivity contribution in [1.82, 2.24) is 0 Å². The number of allylic oxidation sites excluding steroid dienone is 2. The summed E-state index contributed by atoms with van der Waals surface area (Å²) in [7, 11) is 0. The van der Waals surface area contributed by atoms with Gasteiger partial charge in [-0.2, -0.15) is 0 Å². The van der Waals surface area contributed by atoms with Gasteiger partial charge in [-0.05, 0) is 38.5 Å². The van der Waals surface area contributed by atoms with Crippen LogP contribution in [-0.4, -0.2) is 37.2 Å². The molecular formula is C56H106O6. The Morgan fingerprint density at radius 2 is 0.548 bits per heavy atom. The molecule has 0 aromatic heterocycles. The molecule has 0 heterocycles. The highest BCUT2D eigenvalue weighted by Gasteiger charge is 2.19. The number of unbranched alkanes of at least 4 members (excludes halogenated alkanes) is 38. The minimum Gasteiger partial charge on any atom is -0.462 e. The quantitative estimate of drug-likeness (QED) is 0.0262. The third-order valence-electron chi connectivity index (χ3n) is 12.5. The molecule has 0 spiro atoms. The van der Waals surface area contributed by atoms with E-state index >= 15 is 0 Å². The van der Waals surface area contributed by atoms with E-state index in [4.69, 9.17) is 14.2 Å². The Balaban J connectivity index is 4.27. The van der Waals surface area contributed by atoms with Crippen molar-refractivity contribution in [2.45, 2.75) is 316 Å². The minimum atomic E-state index is -0.766. The van der Waals surface area contributed by atoms with Crippen LogP contribution in [0.15, 0.2) is 12.2 Å². The second-order valence-corrected chi connectivity index (χ2v) is 18.9. The van der Waals surface area contributed by atoms with Gasteiger partial charge in [0.1, 0.15) is 13.2 Å². The number of carbonyl (C=O) groups excluding carboxylic acids is 3. The van der Waals surface area contributed by atoms with E-state index < -0.39 is 6.10 Å². The number of ether oxygens (including phenoxy) is 3. The molecule has 0 aromatic rings. The van der Waals surface area contributed by atoms with Gasteiger partial charge in [0.2, 0.25) is 0 Å². The minimum absolute atomic E-state index is 0.0668. The summed E-state index contributed by atoms with van der Waals surface area (Å²) in [6, 6.07) is 0. The normalized spacial score (nSPS) is 12.0. The number of hydrogen-bond donors (Lipinski definition) is 0. The summed E-state index contributed by atoms with van der Waals surface area (Å²) in [6.07, 6.45) is 57.7. The van der Waals surface area contributed by atoms with Crippen LogP contribution in [0.1, 0.15) is 310 Å². The topological polar surface area (TPSA) is 78.9 Å². The van der Waals surface area contributed by atoms with Gasteiger partial charge in [0.15, 0.2) is 6.10 Å². The third kappa shape index (κ3) is 49.2. The molecule has 0 saturated carbocycles. The fourth-order valence-electron chi connectivity index (χ4n) is 8.31. The van der Waals surface area contributed by atoms with E-state index in [0.29, 0.717) is 19.3 Å². The fraction of sp³-hybridized carbons (Fsp3) is 0.911. The Labute approximate surface area is 386 Å². The maximum Gasteiger partial charge on any atom is 0.306 e. The molecule has 62 heavy (non-hydrogen) atoms. The zero-order valence-electron chi connectivity index (χ0n) is 41.9. The largest absolute Gasteiger partial charge is 0.462 e. The van der Waals surface area contributed by atoms with Gasteiger partial charge in [-0.1, -0.05) is 264 Å². The molecule has 0 saturated heterocycles. The maximum absolute atomic E-state index is 12.8. The van der Waals surface area contributed by atoms with Crippen molar-refractivity contribution in [2.75, 3.05) is 13.2 Å². The summed E-state index contributed by atoms with van der Waals surface area (Å²) >= 11 is 0. The third-order valence-corrected chi connectivity index (χ3v) is 12.5. The van der Waals surface area contributed by atoms with E-state index in [0.717, 1.165) is 64.2 Å². The van der Waals surface area contributed by atoms with Crippen LogP contribution in [-0.2, 0) is 28.6 Å². The lowest BCUT2D eigenvalue weighted by Gasteiger charge is -2.18. The molecule has 1 unspecified atom stereocenters. The van der Waals surface area contributed by atoms with Crippen LogP contribution in [0.2, 0.25) is 0 Å². The molecule has 0 rings (SSSR count). The van der Waals surface area contributed by atoms with Crippen molar-refractivity contribution in [3.63, 3.8) is 0 Å². The molecule has 0 aliphatic carbocycles. The van der Waals surface area contributed by atoms with E-state index in [-0.39, 0.29) is 31.1 Å². The Morgan fingerprint density at radius 3 is 0.855 bits per heavy atom. The molecule has 366 valence electrons. The second-order valence-electron chi connectivity index (χ2n) is 18.9. The molecule has 0 aromatic carbocycles. The van der Waals surface area contributed by atoms with Gasteiger partial charge >= 0.3 is 17.9 Å². The molecule has 0 amide bonds. The molecule has 0 radical (unpaired) electrons. The van der Waals surface area contributed by atoms with Crippen LogP contribution in [0.5, 0.6) is 0 Å². The smallest absolute Gasteiger partial charge is 0.306 e. The van der Waals surface area contributed by atoms with Gasteiger partial charge in [0.25, 0.3) is 0 Å². The Morgan fingerprint density at radius 1 is 0.306 bits per heavy atom. The molecule has 0 bridgehead atoms. The molecule has 0 N–H and O–H groups in total. The Kier molecular flexibility index (Phi) is 50.2. The summed E-state index contributed by atoms with van der Waals surface area (Å²) < 4.78 is 16.8. The van der Waals surface area contributed by atoms with Gasteiger partial charge in [0, 0.05) is 19.3 Å². The van der Waals surface area contributed by atoms with E-state index in [9.17, 15) is 14.4 Å². The first-order valence-corrected chi connectivity index (χ1v) is 27.7. The van der Waals surface area contributed by atoms with E-state index in [2.05, 4.69) is 32.9 Å². The molecule has 6 nitrogen and oxygen atoms in total. The molecule has 1 atom stereocenters. The van der Waals surface area contributed by atoms with Crippen LogP contribution in [0.3, 0.4) is 0 Å². The number of rotatable bonds is 51. The number of carbonyl (C=O) groups is 3. The average Bonchev–Trinajstić information content (AvgIpc) is 3.27. The van der Waals surface area contributed by atoms with E-state index in [1.54, 1.807) is 0 Å². The SMILES string of the molecule is CCCC/C=C\CCCCCCCC(=O)OCC(COC(=O)CCCCCCCCCCCCCCCCCCCC)OC(=O)CCCCCCCCCCCCCCCCC. The van der Waals surface area contributed by atoms with Crippen molar-refractivity contribution < 1.29 is 28.6 Å². The highest BCUT2D eigenvalue weighted by molar-refractivity contribution is 5.71. The molecule has 0 fully saturated rings. The van der Waals surface area contributed by atoms with Crippen LogP contribution < -0.4 is 0 Å². The van der Waals surface area contributed by atoms with Crippen LogP contribution in [0, 0.1) is 0 Å². The van der Waals surface area contributed by atoms with Crippen molar-refractivity contribution in [2.24, 2.45) is 0 Å². The van der Waals surface area contributed by atoms with Gasteiger partial charge in [-0.15, -0.1) is 0 Å². The van der Waals surface area contributed by atoms with Crippen molar-refractivity contribution in [3.05, 3.63) is 12.2 Å². The maximum atomic E-state index is 12.8. The summed E-state index contributed by atoms with van der Waals surface area (Å²) in [5, 5.41) is 0. The molecule has 6 heteroatoms. The molecular weight excluding hydrogens is 769 g/mol. The van der Waals surface area contributed by atoms with E-state index in [1.165, 1.54) is 205 Å². The molecule has 0 aliphatic heterocycles. The highest BCUT2D eigenvalue weighted by Crippen LogP contribution is 2.17. The highest BCUT2D eigenvalue weighted by atomic mass is 16.6. The van der Waals surface area contributed by atoms with Gasteiger partial charge in [-0.3, -0.25) is 14.4 Å². The Bertz CT molecular complexity index is 962. The lowest BCUT2D eigenvalue weighted by atomic mass is 10.0. The zero-order valence-corrected chi connectivity index (χ0v) is 41.9. The van der Waals surface area contributed by atoms with Crippen LogP contribution in [0.25, 0.3) is 0 Å².